The van der Waals surface area contributed by atoms with E-state index in [4.69, 9.17) is 6.58 Å². The SMILES string of the molecule is C=CC1=C2C=CC3c4c(ccc5c4C1(c1ccccc1-5)c1c2ccc2c1N(c1ccc4c(c1)c1ccccc1n4-c1ccccc1)C1C=CC=CC21)-c1ccccc1CC3c1cccc(-c2ccccc2)c1. The summed E-state index contributed by atoms with van der Waals surface area (Å²) >= 11 is 0. The molecule has 2 nitrogen and oxygen atoms in total. The lowest BCUT2D eigenvalue weighted by atomic mass is 9.64. The van der Waals surface area contributed by atoms with Crippen LogP contribution < -0.4 is 4.90 Å². The van der Waals surface area contributed by atoms with E-state index in [9.17, 15) is 0 Å². The maximum atomic E-state index is 4.78. The van der Waals surface area contributed by atoms with Gasteiger partial charge in [-0.05, 0) is 132 Å². The fourth-order valence-electron chi connectivity index (χ4n) is 14.6. The maximum absolute atomic E-state index is 4.78. The third-order valence-corrected chi connectivity index (χ3v) is 17.4. The van der Waals surface area contributed by atoms with Crippen LogP contribution in [0.4, 0.5) is 11.4 Å². The standard InChI is InChI=1S/C70H48N2/c1-2-61-51-33-34-55-59(45-22-17-21-44(40-45)43-18-5-3-6-19-43)41-46-20-9-10-25-49(46)54-35-36-56-50-26-11-14-29-62(50)70(61,67(56)66(54)55)68-57(51)37-38-58-52-27-12-16-31-64(52)72(69(58)68)48-32-39-65-60(42-48)53-28-13-15-30-63(53)71(65)47-23-7-4-8-24-47/h2-40,42,52,55,59,64H,1,41H2. The van der Waals surface area contributed by atoms with Crippen molar-refractivity contribution in [2.45, 2.75) is 35.6 Å². The summed E-state index contributed by atoms with van der Waals surface area (Å²) in [7, 11) is 0. The number of nitrogens with zero attached hydrogens (tertiary/aromatic N) is 2. The predicted octanol–water partition coefficient (Wildman–Crippen LogP) is 17.1. The van der Waals surface area contributed by atoms with E-state index in [0.29, 0.717) is 0 Å². The molecule has 5 aliphatic carbocycles. The Morgan fingerprint density at radius 2 is 1.25 bits per heavy atom. The summed E-state index contributed by atoms with van der Waals surface area (Å²) in [6.45, 7) is 4.78. The van der Waals surface area contributed by atoms with Crippen molar-refractivity contribution in [2.24, 2.45) is 0 Å². The van der Waals surface area contributed by atoms with Crippen molar-refractivity contribution in [3.8, 4) is 39.1 Å². The van der Waals surface area contributed by atoms with Gasteiger partial charge in [-0.2, -0.15) is 0 Å². The summed E-state index contributed by atoms with van der Waals surface area (Å²) in [6, 6.07) is 75.9. The first-order valence-electron chi connectivity index (χ1n) is 25.7. The first kappa shape index (κ1) is 40.1. The number of aromatic nitrogens is 1. The summed E-state index contributed by atoms with van der Waals surface area (Å²) in [4.78, 5) is 2.73. The van der Waals surface area contributed by atoms with E-state index in [1.54, 1.807) is 0 Å². The van der Waals surface area contributed by atoms with E-state index in [0.717, 1.165) is 6.42 Å². The summed E-state index contributed by atoms with van der Waals surface area (Å²) in [6.07, 6.45) is 17.7. The van der Waals surface area contributed by atoms with Crippen LogP contribution in [0.25, 0.3) is 66.4 Å². The Labute approximate surface area is 420 Å². The fourth-order valence-corrected chi connectivity index (χ4v) is 14.6. The van der Waals surface area contributed by atoms with Crippen LogP contribution in [0.15, 0.2) is 255 Å². The smallest absolute Gasteiger partial charge is 0.0748 e. The minimum absolute atomic E-state index is 0.0830. The van der Waals surface area contributed by atoms with Crippen molar-refractivity contribution >= 4 is 38.8 Å². The van der Waals surface area contributed by atoms with Gasteiger partial charge in [0.25, 0.3) is 0 Å². The minimum Gasteiger partial charge on any atom is -0.333 e. The first-order valence-corrected chi connectivity index (χ1v) is 25.7. The van der Waals surface area contributed by atoms with E-state index >= 15 is 0 Å². The topological polar surface area (TPSA) is 8.17 Å². The molecule has 6 aliphatic rings. The number of anilines is 2. The molecule has 5 atom stereocenters. The van der Waals surface area contributed by atoms with Gasteiger partial charge in [-0.15, -0.1) is 0 Å². The van der Waals surface area contributed by atoms with Gasteiger partial charge in [-0.3, -0.25) is 0 Å². The average Bonchev–Trinajstić information content (AvgIpc) is 4.12. The molecular weight excluding hydrogens is 869 g/mol. The Bertz CT molecular complexity index is 4120. The van der Waals surface area contributed by atoms with Gasteiger partial charge in [0.05, 0.1) is 28.2 Å². The summed E-state index contributed by atoms with van der Waals surface area (Å²) in [5.41, 5.74) is 27.0. The third kappa shape index (κ3) is 5.18. The quantitative estimate of drug-likeness (QED) is 0.167. The van der Waals surface area contributed by atoms with Crippen LogP contribution in [-0.4, -0.2) is 10.6 Å². The normalized spacial score (nSPS) is 21.1. The Morgan fingerprint density at radius 3 is 2.14 bits per heavy atom. The van der Waals surface area contributed by atoms with E-state index in [-0.39, 0.29) is 23.8 Å². The molecule has 1 aliphatic heterocycles. The second kappa shape index (κ2) is 14.9. The molecule has 10 aromatic rings. The van der Waals surface area contributed by atoms with E-state index < -0.39 is 5.41 Å². The molecular formula is C70H48N2. The lowest BCUT2D eigenvalue weighted by molar-refractivity contribution is 0.611. The Morgan fingerprint density at radius 1 is 0.514 bits per heavy atom. The van der Waals surface area contributed by atoms with Gasteiger partial charge in [0.2, 0.25) is 0 Å². The van der Waals surface area contributed by atoms with Crippen LogP contribution in [0.1, 0.15) is 62.3 Å². The monoisotopic (exact) mass is 916 g/mol. The van der Waals surface area contributed by atoms with Crippen molar-refractivity contribution in [1.29, 1.82) is 0 Å². The van der Waals surface area contributed by atoms with Crippen LogP contribution in [0.2, 0.25) is 0 Å². The van der Waals surface area contributed by atoms with E-state index in [2.05, 4.69) is 252 Å². The highest BCUT2D eigenvalue weighted by Crippen LogP contribution is 2.70. The third-order valence-electron chi connectivity index (χ3n) is 17.4. The highest BCUT2D eigenvalue weighted by Gasteiger charge is 2.58. The zero-order chi connectivity index (χ0) is 47.2. The number of para-hydroxylation sites is 2. The number of rotatable bonds is 5. The van der Waals surface area contributed by atoms with Crippen molar-refractivity contribution in [1.82, 2.24) is 4.57 Å². The largest absolute Gasteiger partial charge is 0.333 e. The van der Waals surface area contributed by atoms with Gasteiger partial charge in [-0.25, -0.2) is 0 Å². The molecule has 2 bridgehead atoms. The molecule has 2 heterocycles. The molecule has 9 aromatic carbocycles. The van der Waals surface area contributed by atoms with Gasteiger partial charge >= 0.3 is 0 Å². The molecule has 338 valence electrons. The van der Waals surface area contributed by atoms with E-state index in [1.807, 2.05) is 0 Å². The van der Waals surface area contributed by atoms with Gasteiger partial charge in [0.1, 0.15) is 0 Å². The van der Waals surface area contributed by atoms with Crippen molar-refractivity contribution in [2.75, 3.05) is 4.90 Å². The molecule has 16 rings (SSSR count). The second-order valence-electron chi connectivity index (χ2n) is 20.6. The zero-order valence-electron chi connectivity index (χ0n) is 39.7. The van der Waals surface area contributed by atoms with Crippen LogP contribution in [-0.2, 0) is 11.8 Å². The predicted molar refractivity (Wildman–Crippen MR) is 299 cm³/mol. The number of fused-ring (bicyclic) bond motifs is 13. The van der Waals surface area contributed by atoms with Gasteiger partial charge < -0.3 is 9.47 Å². The van der Waals surface area contributed by atoms with Crippen molar-refractivity contribution in [3.63, 3.8) is 0 Å². The summed E-state index contributed by atoms with van der Waals surface area (Å²) in [5, 5.41) is 2.51. The molecule has 0 saturated heterocycles. The molecule has 0 amide bonds. The second-order valence-corrected chi connectivity index (χ2v) is 20.6. The molecule has 0 radical (unpaired) electrons. The molecule has 72 heavy (non-hydrogen) atoms. The van der Waals surface area contributed by atoms with Crippen LogP contribution in [0.3, 0.4) is 0 Å². The van der Waals surface area contributed by atoms with Crippen LogP contribution in [0, 0.1) is 0 Å². The van der Waals surface area contributed by atoms with Crippen LogP contribution >= 0.6 is 0 Å². The van der Waals surface area contributed by atoms with Crippen molar-refractivity contribution in [3.05, 3.63) is 299 Å². The Balaban J connectivity index is 0.997. The van der Waals surface area contributed by atoms with Gasteiger partial charge in [0, 0.05) is 39.5 Å². The van der Waals surface area contributed by atoms with Crippen LogP contribution in [0.5, 0.6) is 0 Å². The minimum atomic E-state index is -0.639. The number of allylic oxidation sites excluding steroid dienone is 7. The maximum Gasteiger partial charge on any atom is 0.0748 e. The van der Waals surface area contributed by atoms with Gasteiger partial charge in [0.15, 0.2) is 0 Å². The summed E-state index contributed by atoms with van der Waals surface area (Å²) < 4.78 is 2.43. The number of hydrogen-bond acceptors (Lipinski definition) is 1. The summed E-state index contributed by atoms with van der Waals surface area (Å²) in [5.74, 6) is 0.438. The molecule has 5 unspecified atom stereocenters. The number of hydrogen-bond donors (Lipinski definition) is 0. The van der Waals surface area contributed by atoms with Gasteiger partial charge in [-0.1, -0.05) is 213 Å². The average molecular weight is 917 g/mol. The fraction of sp³-hybridized carbons (Fsp3) is 0.0857. The Hall–Kier alpha value is -8.72. The highest BCUT2D eigenvalue weighted by molar-refractivity contribution is 6.11. The molecule has 0 fully saturated rings. The molecule has 1 spiro atoms. The molecule has 2 heteroatoms. The van der Waals surface area contributed by atoms with Crippen molar-refractivity contribution < 1.29 is 0 Å². The molecule has 1 aromatic heterocycles. The lowest BCUT2D eigenvalue weighted by Crippen LogP contribution is -2.33. The Kier molecular flexibility index (Phi) is 8.29. The number of benzene rings is 9. The molecule has 0 saturated carbocycles. The highest BCUT2D eigenvalue weighted by atomic mass is 15.2. The zero-order valence-corrected chi connectivity index (χ0v) is 39.7. The lowest BCUT2D eigenvalue weighted by Gasteiger charge is -2.39. The first-order chi connectivity index (χ1) is 35.7. The molecule has 0 N–H and O–H groups in total. The van der Waals surface area contributed by atoms with E-state index in [1.165, 1.54) is 128 Å².